The van der Waals surface area contributed by atoms with Gasteiger partial charge in [-0.1, -0.05) is 18.2 Å². The minimum atomic E-state index is -1.07. The van der Waals surface area contributed by atoms with Gasteiger partial charge in [0.05, 0.1) is 0 Å². The smallest absolute Gasteiger partial charge is 0.326 e. The van der Waals surface area contributed by atoms with Crippen molar-refractivity contribution in [1.29, 1.82) is 0 Å². The summed E-state index contributed by atoms with van der Waals surface area (Å²) < 4.78 is 0. The van der Waals surface area contributed by atoms with Gasteiger partial charge in [0.25, 0.3) is 5.91 Å². The third kappa shape index (κ3) is 2.49. The van der Waals surface area contributed by atoms with E-state index in [0.29, 0.717) is 12.1 Å². The average Bonchev–Trinajstić information content (AvgIpc) is 2.74. The van der Waals surface area contributed by atoms with Crippen LogP contribution in [0.1, 0.15) is 22.8 Å². The minimum absolute atomic E-state index is 0.109. The molecule has 0 radical (unpaired) electrons. The second-order valence-electron chi connectivity index (χ2n) is 4.84. The van der Waals surface area contributed by atoms with E-state index < -0.39 is 12.0 Å². The van der Waals surface area contributed by atoms with Crippen LogP contribution in [0.25, 0.3) is 0 Å². The summed E-state index contributed by atoms with van der Waals surface area (Å²) in [5.41, 5.74) is 1.49. The van der Waals surface area contributed by atoms with Crippen molar-refractivity contribution in [2.45, 2.75) is 19.5 Å². The molecule has 106 valence electrons. The molecule has 0 saturated carbocycles. The summed E-state index contributed by atoms with van der Waals surface area (Å²) in [6, 6.07) is 6.28. The molecule has 6 heteroatoms. The van der Waals surface area contributed by atoms with E-state index in [-0.39, 0.29) is 18.4 Å². The number of carboxylic acid groups (broad SMARTS) is 1. The Labute approximate surface area is 116 Å². The van der Waals surface area contributed by atoms with Gasteiger partial charge < -0.3 is 14.9 Å². The molecule has 1 aromatic rings. The van der Waals surface area contributed by atoms with E-state index in [2.05, 4.69) is 0 Å². The Hall–Kier alpha value is -2.37. The Morgan fingerprint density at radius 1 is 1.40 bits per heavy atom. The molecule has 1 N–H and O–H groups in total. The molecular formula is C14H16N2O4. The second-order valence-corrected chi connectivity index (χ2v) is 4.84. The largest absolute Gasteiger partial charge is 0.480 e. The van der Waals surface area contributed by atoms with Crippen molar-refractivity contribution in [2.75, 3.05) is 13.6 Å². The van der Waals surface area contributed by atoms with Crippen LogP contribution >= 0.6 is 0 Å². The third-order valence-electron chi connectivity index (χ3n) is 3.55. The molecule has 1 unspecified atom stereocenters. The van der Waals surface area contributed by atoms with E-state index in [1.165, 1.54) is 18.9 Å². The first kappa shape index (κ1) is 14.0. The highest BCUT2D eigenvalue weighted by molar-refractivity contribution is 6.00. The normalized spacial score (nSPS) is 14.9. The number of carboxylic acids is 1. The predicted octanol–water partition coefficient (Wildman–Crippen LogP) is 0.574. The number of likely N-dealkylation sites (N-methyl/N-ethyl adjacent to an activating group) is 1. The van der Waals surface area contributed by atoms with Gasteiger partial charge in [-0.25, -0.2) is 4.79 Å². The van der Waals surface area contributed by atoms with Gasteiger partial charge >= 0.3 is 5.97 Å². The fraction of sp³-hybridized carbons (Fsp3) is 0.357. The van der Waals surface area contributed by atoms with E-state index >= 15 is 0 Å². The third-order valence-corrected chi connectivity index (χ3v) is 3.55. The number of carbonyl (C=O) groups excluding carboxylic acids is 2. The number of fused-ring (bicyclic) bond motifs is 1. The zero-order valence-electron chi connectivity index (χ0n) is 11.4. The number of amides is 2. The summed E-state index contributed by atoms with van der Waals surface area (Å²) in [5, 5.41) is 8.88. The van der Waals surface area contributed by atoms with Crippen LogP contribution in [0.2, 0.25) is 0 Å². The highest BCUT2D eigenvalue weighted by atomic mass is 16.4. The zero-order chi connectivity index (χ0) is 14.9. The first-order valence-corrected chi connectivity index (χ1v) is 6.27. The van der Waals surface area contributed by atoms with E-state index in [4.69, 9.17) is 5.11 Å². The zero-order valence-corrected chi connectivity index (χ0v) is 11.4. The number of rotatable bonds is 4. The van der Waals surface area contributed by atoms with Crippen molar-refractivity contribution in [3.63, 3.8) is 0 Å². The topological polar surface area (TPSA) is 77.9 Å². The molecule has 6 nitrogen and oxygen atoms in total. The van der Waals surface area contributed by atoms with E-state index in [1.807, 2.05) is 12.1 Å². The number of aliphatic carboxylic acids is 1. The van der Waals surface area contributed by atoms with Crippen molar-refractivity contribution >= 4 is 17.8 Å². The van der Waals surface area contributed by atoms with Gasteiger partial charge in [-0.15, -0.1) is 0 Å². The Bertz CT molecular complexity index is 570. The first-order chi connectivity index (χ1) is 9.41. The lowest BCUT2D eigenvalue weighted by atomic mass is 10.1. The lowest BCUT2D eigenvalue weighted by Gasteiger charge is -2.24. The van der Waals surface area contributed by atoms with Gasteiger partial charge in [-0.3, -0.25) is 9.59 Å². The van der Waals surface area contributed by atoms with E-state index in [1.54, 1.807) is 12.1 Å². The Kier molecular flexibility index (Phi) is 3.74. The van der Waals surface area contributed by atoms with Crippen LogP contribution in [-0.2, 0) is 16.1 Å². The van der Waals surface area contributed by atoms with Crippen LogP contribution in [-0.4, -0.2) is 52.3 Å². The van der Waals surface area contributed by atoms with Gasteiger partial charge in [-0.05, 0) is 18.6 Å². The Morgan fingerprint density at radius 3 is 2.65 bits per heavy atom. The van der Waals surface area contributed by atoms with Gasteiger partial charge in [0.2, 0.25) is 5.91 Å². The summed E-state index contributed by atoms with van der Waals surface area (Å²) in [5.74, 6) is -1.65. The fourth-order valence-corrected chi connectivity index (χ4v) is 2.10. The van der Waals surface area contributed by atoms with Crippen molar-refractivity contribution in [2.24, 2.45) is 0 Å². The number of nitrogens with zero attached hydrogens (tertiary/aromatic N) is 2. The standard InChI is InChI=1S/C14H16N2O4/c1-9(14(19)20)15(2)12(17)8-16-7-10-5-3-4-6-11(10)13(16)18/h3-6,9H,7-8H2,1-2H3,(H,19,20). The molecule has 2 rings (SSSR count). The summed E-state index contributed by atoms with van der Waals surface area (Å²) in [6.07, 6.45) is 0. The first-order valence-electron chi connectivity index (χ1n) is 6.27. The summed E-state index contributed by atoms with van der Waals surface area (Å²) in [7, 11) is 1.43. The molecule has 20 heavy (non-hydrogen) atoms. The van der Waals surface area contributed by atoms with Crippen LogP contribution in [0, 0.1) is 0 Å². The molecule has 0 bridgehead atoms. The van der Waals surface area contributed by atoms with Crippen molar-refractivity contribution in [3.8, 4) is 0 Å². The number of carbonyl (C=O) groups is 3. The maximum absolute atomic E-state index is 12.1. The molecule has 1 aliphatic rings. The molecule has 1 heterocycles. The monoisotopic (exact) mass is 276 g/mol. The highest BCUT2D eigenvalue weighted by Gasteiger charge is 2.30. The molecule has 0 spiro atoms. The summed E-state index contributed by atoms with van der Waals surface area (Å²) >= 11 is 0. The van der Waals surface area contributed by atoms with Gasteiger partial charge in [0.1, 0.15) is 12.6 Å². The highest BCUT2D eigenvalue weighted by Crippen LogP contribution is 2.22. The maximum atomic E-state index is 12.1. The quantitative estimate of drug-likeness (QED) is 0.872. The maximum Gasteiger partial charge on any atom is 0.326 e. The van der Waals surface area contributed by atoms with Crippen LogP contribution < -0.4 is 0 Å². The fourth-order valence-electron chi connectivity index (χ4n) is 2.10. The van der Waals surface area contributed by atoms with Gasteiger partial charge in [0.15, 0.2) is 0 Å². The minimum Gasteiger partial charge on any atom is -0.480 e. The predicted molar refractivity (Wildman–Crippen MR) is 71.1 cm³/mol. The van der Waals surface area contributed by atoms with Crippen molar-refractivity contribution in [3.05, 3.63) is 35.4 Å². The van der Waals surface area contributed by atoms with Crippen LogP contribution in [0.4, 0.5) is 0 Å². The molecule has 0 aromatic heterocycles. The molecule has 0 saturated heterocycles. The molecule has 1 aliphatic heterocycles. The van der Waals surface area contributed by atoms with Crippen LogP contribution in [0.5, 0.6) is 0 Å². The summed E-state index contributed by atoms with van der Waals surface area (Å²) in [4.78, 5) is 37.5. The van der Waals surface area contributed by atoms with Gasteiger partial charge in [0, 0.05) is 19.2 Å². The molecule has 0 aliphatic carbocycles. The SMILES string of the molecule is CC(C(=O)O)N(C)C(=O)CN1Cc2ccccc2C1=O. The molecular weight excluding hydrogens is 260 g/mol. The molecule has 2 amide bonds. The van der Waals surface area contributed by atoms with Gasteiger partial charge in [-0.2, -0.15) is 0 Å². The number of hydrogen-bond acceptors (Lipinski definition) is 3. The molecule has 1 atom stereocenters. The van der Waals surface area contributed by atoms with Crippen molar-refractivity contribution < 1.29 is 19.5 Å². The molecule has 1 aromatic carbocycles. The number of benzene rings is 1. The Morgan fingerprint density at radius 2 is 2.05 bits per heavy atom. The lowest BCUT2D eigenvalue weighted by Crippen LogP contribution is -2.45. The van der Waals surface area contributed by atoms with Crippen LogP contribution in [0.15, 0.2) is 24.3 Å². The summed E-state index contributed by atoms with van der Waals surface area (Å²) in [6.45, 7) is 1.71. The van der Waals surface area contributed by atoms with Crippen molar-refractivity contribution in [1.82, 2.24) is 9.80 Å². The average molecular weight is 276 g/mol. The molecule has 0 fully saturated rings. The van der Waals surface area contributed by atoms with E-state index in [9.17, 15) is 14.4 Å². The second kappa shape index (κ2) is 5.32. The number of hydrogen-bond donors (Lipinski definition) is 1. The Balaban J connectivity index is 2.04. The van der Waals surface area contributed by atoms with Crippen LogP contribution in [0.3, 0.4) is 0 Å². The van der Waals surface area contributed by atoms with E-state index in [0.717, 1.165) is 10.5 Å². The lowest BCUT2D eigenvalue weighted by molar-refractivity contribution is -0.148.